The fourth-order valence-corrected chi connectivity index (χ4v) is 6.53. The van der Waals surface area contributed by atoms with Crippen LogP contribution in [0, 0.1) is 17.8 Å². The van der Waals surface area contributed by atoms with E-state index in [1.165, 1.54) is 4.72 Å². The first-order valence-electron chi connectivity index (χ1n) is 8.18. The number of sulfonamides is 1. The maximum absolute atomic E-state index is 13.9. The quantitative estimate of drug-likeness (QED) is 0.658. The van der Waals surface area contributed by atoms with E-state index in [4.69, 9.17) is 0 Å². The van der Waals surface area contributed by atoms with Gasteiger partial charge in [0.1, 0.15) is 0 Å². The molecule has 4 aliphatic carbocycles. The minimum Gasteiger partial charge on any atom is -0.206 e. The van der Waals surface area contributed by atoms with Gasteiger partial charge in [0.25, 0.3) is 10.0 Å². The van der Waals surface area contributed by atoms with Gasteiger partial charge in [0, 0.05) is 5.54 Å². The highest BCUT2D eigenvalue weighted by molar-refractivity contribution is 7.90. The van der Waals surface area contributed by atoms with Crippen molar-refractivity contribution in [3.8, 4) is 0 Å². The Morgan fingerprint density at radius 2 is 1.07 bits per heavy atom. The second-order valence-corrected chi connectivity index (χ2v) is 9.69. The van der Waals surface area contributed by atoms with Crippen LogP contribution in [0.1, 0.15) is 38.5 Å². The Kier molecular flexibility index (Phi) is 4.41. The maximum Gasteiger partial charge on any atom is 0.460 e. The van der Waals surface area contributed by atoms with Crippen molar-refractivity contribution in [2.24, 2.45) is 17.8 Å². The minimum atomic E-state index is -7.24. The predicted octanol–water partition coefficient (Wildman–Crippen LogP) is 4.30. The van der Waals surface area contributed by atoms with Crippen LogP contribution < -0.4 is 4.72 Å². The van der Waals surface area contributed by atoms with E-state index in [0.29, 0.717) is 0 Å². The molecule has 4 aliphatic rings. The molecule has 13 heteroatoms. The molecule has 3 nitrogen and oxygen atoms in total. The normalized spacial score (nSPS) is 34.9. The summed E-state index contributed by atoms with van der Waals surface area (Å²) in [6, 6.07) is 0. The van der Waals surface area contributed by atoms with Crippen molar-refractivity contribution in [2.45, 2.75) is 67.3 Å². The maximum atomic E-state index is 13.9. The molecule has 0 aromatic rings. The molecule has 0 amide bonds. The molecule has 0 aromatic heterocycles. The van der Waals surface area contributed by atoms with E-state index in [1.807, 2.05) is 0 Å². The minimum absolute atomic E-state index is 0.0234. The molecule has 0 atom stereocenters. The van der Waals surface area contributed by atoms with Crippen molar-refractivity contribution >= 4 is 10.0 Å². The van der Waals surface area contributed by atoms with Crippen LogP contribution in [0.3, 0.4) is 0 Å². The van der Waals surface area contributed by atoms with E-state index in [1.54, 1.807) is 0 Å². The van der Waals surface area contributed by atoms with Crippen LogP contribution >= 0.6 is 0 Å². The summed E-state index contributed by atoms with van der Waals surface area (Å²) in [6.45, 7) is 0. The van der Waals surface area contributed by atoms with Crippen LogP contribution in [0.4, 0.5) is 39.5 Å². The van der Waals surface area contributed by atoms with Crippen LogP contribution in [0.2, 0.25) is 0 Å². The van der Waals surface area contributed by atoms with E-state index in [2.05, 4.69) is 0 Å². The van der Waals surface area contributed by atoms with Gasteiger partial charge in [-0.15, -0.1) is 0 Å². The van der Waals surface area contributed by atoms with Crippen LogP contribution in [-0.4, -0.2) is 37.2 Å². The van der Waals surface area contributed by atoms with Gasteiger partial charge < -0.3 is 0 Å². The molecular weight excluding hydrogens is 417 g/mol. The van der Waals surface area contributed by atoms with E-state index in [0.717, 1.165) is 19.3 Å². The zero-order valence-electron chi connectivity index (χ0n) is 13.6. The topological polar surface area (TPSA) is 46.2 Å². The SMILES string of the molecule is O=S(=O)(NC12CC3CC(CC(C3)C1)C2)C(F)(F)C(F)(F)C(F)(F)C(F)(F)F. The van der Waals surface area contributed by atoms with Crippen molar-refractivity contribution in [1.82, 2.24) is 4.72 Å². The van der Waals surface area contributed by atoms with Crippen molar-refractivity contribution in [1.29, 1.82) is 0 Å². The predicted molar refractivity (Wildman–Crippen MR) is 73.9 cm³/mol. The first-order chi connectivity index (χ1) is 11.9. The molecule has 0 unspecified atom stereocenters. The molecule has 0 radical (unpaired) electrons. The molecule has 0 aliphatic heterocycles. The number of hydrogen-bond acceptors (Lipinski definition) is 2. The Morgan fingerprint density at radius 3 is 1.41 bits per heavy atom. The molecule has 4 fully saturated rings. The van der Waals surface area contributed by atoms with Crippen LogP contribution in [0.25, 0.3) is 0 Å². The molecule has 158 valence electrons. The highest BCUT2D eigenvalue weighted by atomic mass is 32.2. The molecule has 0 heterocycles. The van der Waals surface area contributed by atoms with E-state index < -0.39 is 38.8 Å². The number of alkyl halides is 9. The Morgan fingerprint density at radius 1 is 0.704 bits per heavy atom. The number of halogens is 9. The molecule has 4 bridgehead atoms. The summed E-state index contributed by atoms with van der Waals surface area (Å²) in [5.41, 5.74) is -1.51. The summed E-state index contributed by atoms with van der Waals surface area (Å²) >= 11 is 0. The second-order valence-electron chi connectivity index (χ2n) is 7.97. The van der Waals surface area contributed by atoms with E-state index in [9.17, 15) is 47.9 Å². The van der Waals surface area contributed by atoms with Crippen molar-refractivity contribution in [3.05, 3.63) is 0 Å². The van der Waals surface area contributed by atoms with Gasteiger partial charge in [-0.05, 0) is 56.3 Å². The Balaban J connectivity index is 1.92. The monoisotopic (exact) mass is 433 g/mol. The zero-order chi connectivity index (χ0) is 20.7. The summed E-state index contributed by atoms with van der Waals surface area (Å²) in [7, 11) is -6.54. The first kappa shape index (κ1) is 21.0. The molecule has 27 heavy (non-hydrogen) atoms. The lowest BCUT2D eigenvalue weighted by atomic mass is 9.53. The van der Waals surface area contributed by atoms with Gasteiger partial charge in [-0.1, -0.05) is 0 Å². The second kappa shape index (κ2) is 5.67. The largest absolute Gasteiger partial charge is 0.460 e. The number of nitrogens with one attached hydrogen (secondary N) is 1. The van der Waals surface area contributed by atoms with Crippen molar-refractivity contribution < 1.29 is 47.9 Å². The third-order valence-corrected chi connectivity index (χ3v) is 7.48. The fourth-order valence-electron chi connectivity index (χ4n) is 5.11. The van der Waals surface area contributed by atoms with E-state index in [-0.39, 0.29) is 37.0 Å². The van der Waals surface area contributed by atoms with E-state index >= 15 is 0 Å². The summed E-state index contributed by atoms with van der Waals surface area (Å²) in [5.74, 6) is -14.5. The van der Waals surface area contributed by atoms with Gasteiger partial charge in [-0.2, -0.15) is 39.5 Å². The lowest BCUT2D eigenvalue weighted by Gasteiger charge is -2.56. The standard InChI is InChI=1S/C14H16F9NO2S/c15-11(16,13(19,20)21)12(17,18)14(22,23)27(25,26)24-10-4-7-1-8(5-10)3-9(2-7)6-10/h7-9,24H,1-6H2. The van der Waals surface area contributed by atoms with Gasteiger partial charge >= 0.3 is 23.3 Å². The number of hydrogen-bond donors (Lipinski definition) is 1. The Labute approximate surface area is 148 Å². The van der Waals surface area contributed by atoms with Crippen molar-refractivity contribution in [2.75, 3.05) is 0 Å². The first-order valence-corrected chi connectivity index (χ1v) is 9.66. The Bertz CT molecular complexity index is 681. The van der Waals surface area contributed by atoms with Crippen LogP contribution in [-0.2, 0) is 10.0 Å². The van der Waals surface area contributed by atoms with Crippen LogP contribution in [0.5, 0.6) is 0 Å². The van der Waals surface area contributed by atoms with Crippen molar-refractivity contribution in [3.63, 3.8) is 0 Å². The third-order valence-electron chi connectivity index (χ3n) is 5.84. The average molecular weight is 433 g/mol. The van der Waals surface area contributed by atoms with Crippen LogP contribution in [0.15, 0.2) is 0 Å². The molecular formula is C14H16F9NO2S. The van der Waals surface area contributed by atoms with Gasteiger partial charge in [0.15, 0.2) is 0 Å². The molecule has 0 saturated heterocycles. The fraction of sp³-hybridized carbons (Fsp3) is 1.00. The summed E-state index contributed by atoms with van der Waals surface area (Å²) < 4.78 is 143. The lowest BCUT2D eigenvalue weighted by Crippen LogP contribution is -2.68. The van der Waals surface area contributed by atoms with Gasteiger partial charge in [-0.3, -0.25) is 0 Å². The summed E-state index contributed by atoms with van der Waals surface area (Å²) in [5, 5.41) is -6.66. The molecule has 4 rings (SSSR count). The Hall–Kier alpha value is -0.720. The van der Waals surface area contributed by atoms with Gasteiger partial charge in [-0.25, -0.2) is 13.1 Å². The third kappa shape index (κ3) is 2.94. The zero-order valence-corrected chi connectivity index (χ0v) is 14.4. The lowest BCUT2D eigenvalue weighted by molar-refractivity contribution is -0.382. The smallest absolute Gasteiger partial charge is 0.206 e. The molecule has 1 N–H and O–H groups in total. The van der Waals surface area contributed by atoms with Gasteiger partial charge in [0.2, 0.25) is 0 Å². The van der Waals surface area contributed by atoms with Gasteiger partial charge in [0.05, 0.1) is 0 Å². The summed E-state index contributed by atoms with van der Waals surface area (Å²) in [4.78, 5) is 0. The highest BCUT2D eigenvalue weighted by Gasteiger charge is 2.85. The molecule has 4 saturated carbocycles. The highest BCUT2D eigenvalue weighted by Crippen LogP contribution is 2.58. The average Bonchev–Trinajstić information content (AvgIpc) is 2.42. The summed E-state index contributed by atoms with van der Waals surface area (Å²) in [6.07, 6.45) is -4.70. The number of rotatable bonds is 5. The molecule has 0 spiro atoms. The molecule has 0 aromatic carbocycles.